The van der Waals surface area contributed by atoms with Crippen LogP contribution < -0.4 is 0 Å². The molecule has 0 fully saturated rings. The standard InChI is InChI=1S/C6H7N3/c1-2-7-6-8-4-3-5-9-6/h2-5H,1H3. The van der Waals surface area contributed by atoms with Crippen LogP contribution in [-0.4, -0.2) is 16.2 Å². The lowest BCUT2D eigenvalue weighted by Crippen LogP contribution is -1.75. The topological polar surface area (TPSA) is 38.1 Å². The molecule has 0 bridgehead atoms. The first-order valence-corrected chi connectivity index (χ1v) is 2.69. The van der Waals surface area contributed by atoms with Gasteiger partial charge in [0.1, 0.15) is 0 Å². The SMILES string of the molecule is CC=Nc1ncccn1. The van der Waals surface area contributed by atoms with Gasteiger partial charge in [-0.15, -0.1) is 0 Å². The summed E-state index contributed by atoms with van der Waals surface area (Å²) >= 11 is 0. The Labute approximate surface area is 53.5 Å². The van der Waals surface area contributed by atoms with Gasteiger partial charge in [-0.2, -0.15) is 0 Å². The number of hydrogen-bond acceptors (Lipinski definition) is 3. The molecule has 0 atom stereocenters. The monoisotopic (exact) mass is 121 g/mol. The van der Waals surface area contributed by atoms with E-state index in [1.807, 2.05) is 6.92 Å². The van der Waals surface area contributed by atoms with Crippen LogP contribution in [-0.2, 0) is 0 Å². The van der Waals surface area contributed by atoms with Gasteiger partial charge in [-0.25, -0.2) is 15.0 Å². The first kappa shape index (κ1) is 5.88. The molecule has 0 amide bonds. The predicted octanol–water partition coefficient (Wildman–Crippen LogP) is 1.20. The molecule has 1 heterocycles. The minimum atomic E-state index is 0.514. The Morgan fingerprint density at radius 2 is 2.11 bits per heavy atom. The second-order valence-corrected chi connectivity index (χ2v) is 1.44. The van der Waals surface area contributed by atoms with Crippen molar-refractivity contribution in [2.45, 2.75) is 6.92 Å². The average molecular weight is 121 g/mol. The molecule has 0 N–H and O–H groups in total. The summed E-state index contributed by atoms with van der Waals surface area (Å²) in [5, 5.41) is 0. The van der Waals surface area contributed by atoms with E-state index >= 15 is 0 Å². The fourth-order valence-corrected chi connectivity index (χ4v) is 0.473. The van der Waals surface area contributed by atoms with Crippen molar-refractivity contribution < 1.29 is 0 Å². The molecule has 0 spiro atoms. The summed E-state index contributed by atoms with van der Waals surface area (Å²) in [6.45, 7) is 1.83. The van der Waals surface area contributed by atoms with E-state index in [0.29, 0.717) is 5.95 Å². The number of aliphatic imine (C=N–C) groups is 1. The lowest BCUT2D eigenvalue weighted by molar-refractivity contribution is 1.14. The van der Waals surface area contributed by atoms with E-state index < -0.39 is 0 Å². The molecule has 0 aliphatic rings. The van der Waals surface area contributed by atoms with E-state index in [0.717, 1.165) is 0 Å². The van der Waals surface area contributed by atoms with Gasteiger partial charge in [0.05, 0.1) is 0 Å². The highest BCUT2D eigenvalue weighted by Crippen LogP contribution is 1.96. The Morgan fingerprint density at radius 3 is 2.67 bits per heavy atom. The summed E-state index contributed by atoms with van der Waals surface area (Å²) in [7, 11) is 0. The van der Waals surface area contributed by atoms with Gasteiger partial charge in [-0.05, 0) is 13.0 Å². The summed E-state index contributed by atoms with van der Waals surface area (Å²) in [4.78, 5) is 11.6. The van der Waals surface area contributed by atoms with Crippen molar-refractivity contribution in [3.05, 3.63) is 18.5 Å². The van der Waals surface area contributed by atoms with Gasteiger partial charge in [0.15, 0.2) is 0 Å². The summed E-state index contributed by atoms with van der Waals surface area (Å²) in [5.74, 6) is 0.514. The van der Waals surface area contributed by atoms with Crippen molar-refractivity contribution in [3.63, 3.8) is 0 Å². The van der Waals surface area contributed by atoms with Crippen LogP contribution in [0.25, 0.3) is 0 Å². The molecular weight excluding hydrogens is 114 g/mol. The summed E-state index contributed by atoms with van der Waals surface area (Å²) in [6, 6.07) is 1.76. The van der Waals surface area contributed by atoms with Gasteiger partial charge in [0.2, 0.25) is 5.95 Å². The van der Waals surface area contributed by atoms with Crippen LogP contribution in [0, 0.1) is 0 Å². The molecule has 3 heteroatoms. The maximum absolute atomic E-state index is 3.86. The van der Waals surface area contributed by atoms with Crippen LogP contribution in [0.2, 0.25) is 0 Å². The fraction of sp³-hybridized carbons (Fsp3) is 0.167. The molecule has 1 aromatic heterocycles. The Hall–Kier alpha value is -1.25. The van der Waals surface area contributed by atoms with Crippen LogP contribution in [0.1, 0.15) is 6.92 Å². The Kier molecular flexibility index (Phi) is 1.90. The largest absolute Gasteiger partial charge is 0.248 e. The molecular formula is C6H7N3. The van der Waals surface area contributed by atoms with Crippen LogP contribution >= 0.6 is 0 Å². The van der Waals surface area contributed by atoms with Gasteiger partial charge >= 0.3 is 0 Å². The van der Waals surface area contributed by atoms with E-state index in [2.05, 4.69) is 15.0 Å². The van der Waals surface area contributed by atoms with E-state index in [-0.39, 0.29) is 0 Å². The van der Waals surface area contributed by atoms with Crippen LogP contribution in [0.4, 0.5) is 5.95 Å². The summed E-state index contributed by atoms with van der Waals surface area (Å²) < 4.78 is 0. The zero-order chi connectivity index (χ0) is 6.53. The van der Waals surface area contributed by atoms with Crippen molar-refractivity contribution in [2.24, 2.45) is 4.99 Å². The lowest BCUT2D eigenvalue weighted by Gasteiger charge is -1.84. The highest BCUT2D eigenvalue weighted by Gasteiger charge is 1.82. The average Bonchev–Trinajstić information content (AvgIpc) is 1.91. The smallest absolute Gasteiger partial charge is 0.224 e. The Balaban J connectivity index is 2.85. The predicted molar refractivity (Wildman–Crippen MR) is 35.9 cm³/mol. The highest BCUT2D eigenvalue weighted by molar-refractivity contribution is 5.56. The van der Waals surface area contributed by atoms with Crippen LogP contribution in [0.15, 0.2) is 23.5 Å². The van der Waals surface area contributed by atoms with E-state index in [1.165, 1.54) is 0 Å². The van der Waals surface area contributed by atoms with E-state index in [9.17, 15) is 0 Å². The van der Waals surface area contributed by atoms with Gasteiger partial charge in [0, 0.05) is 18.6 Å². The molecule has 0 unspecified atom stereocenters. The van der Waals surface area contributed by atoms with Gasteiger partial charge in [0.25, 0.3) is 0 Å². The van der Waals surface area contributed by atoms with Gasteiger partial charge < -0.3 is 0 Å². The summed E-state index contributed by atoms with van der Waals surface area (Å²) in [5.41, 5.74) is 0. The Morgan fingerprint density at radius 1 is 1.44 bits per heavy atom. The van der Waals surface area contributed by atoms with Crippen molar-refractivity contribution >= 4 is 12.2 Å². The molecule has 0 aromatic carbocycles. The molecule has 1 rings (SSSR count). The number of aromatic nitrogens is 2. The minimum absolute atomic E-state index is 0.514. The van der Waals surface area contributed by atoms with Crippen molar-refractivity contribution in [3.8, 4) is 0 Å². The zero-order valence-electron chi connectivity index (χ0n) is 5.15. The first-order chi connectivity index (χ1) is 4.43. The van der Waals surface area contributed by atoms with E-state index in [4.69, 9.17) is 0 Å². The quantitative estimate of drug-likeness (QED) is 0.523. The molecule has 1 aromatic rings. The molecule has 46 valence electrons. The van der Waals surface area contributed by atoms with E-state index in [1.54, 1.807) is 24.7 Å². The fourth-order valence-electron chi connectivity index (χ4n) is 0.473. The number of nitrogens with zero attached hydrogens (tertiary/aromatic N) is 3. The maximum Gasteiger partial charge on any atom is 0.248 e. The number of rotatable bonds is 1. The molecule has 0 aliphatic heterocycles. The van der Waals surface area contributed by atoms with Crippen molar-refractivity contribution in [1.82, 2.24) is 9.97 Å². The van der Waals surface area contributed by atoms with Gasteiger partial charge in [-0.3, -0.25) is 0 Å². The normalized spacial score (nSPS) is 10.3. The lowest BCUT2D eigenvalue weighted by atomic mass is 10.7. The third-order valence-electron chi connectivity index (χ3n) is 0.797. The molecule has 0 aliphatic carbocycles. The van der Waals surface area contributed by atoms with Crippen molar-refractivity contribution in [2.75, 3.05) is 0 Å². The number of hydrogen-bond donors (Lipinski definition) is 0. The summed E-state index contributed by atoms with van der Waals surface area (Å²) in [6.07, 6.45) is 4.99. The molecule has 9 heavy (non-hydrogen) atoms. The first-order valence-electron chi connectivity index (χ1n) is 2.69. The van der Waals surface area contributed by atoms with Gasteiger partial charge in [-0.1, -0.05) is 0 Å². The molecule has 0 saturated carbocycles. The second kappa shape index (κ2) is 2.91. The minimum Gasteiger partial charge on any atom is -0.224 e. The Bertz CT molecular complexity index is 193. The second-order valence-electron chi connectivity index (χ2n) is 1.44. The maximum atomic E-state index is 3.86. The van der Waals surface area contributed by atoms with Crippen LogP contribution in [0.3, 0.4) is 0 Å². The molecule has 0 saturated heterocycles. The highest BCUT2D eigenvalue weighted by atomic mass is 15.0. The third kappa shape index (κ3) is 1.60. The van der Waals surface area contributed by atoms with Crippen molar-refractivity contribution in [1.29, 1.82) is 0 Å². The van der Waals surface area contributed by atoms with Crippen LogP contribution in [0.5, 0.6) is 0 Å². The third-order valence-corrected chi connectivity index (χ3v) is 0.797. The zero-order valence-corrected chi connectivity index (χ0v) is 5.15. The molecule has 3 nitrogen and oxygen atoms in total. The molecule has 0 radical (unpaired) electrons.